The van der Waals surface area contributed by atoms with Crippen LogP contribution in [0.15, 0.2) is 16.9 Å². The van der Waals surface area contributed by atoms with E-state index in [0.717, 1.165) is 17.6 Å². The summed E-state index contributed by atoms with van der Waals surface area (Å²) in [6, 6.07) is 0. The largest absolute Gasteiger partial charge is 0.357 e. The molecule has 0 radical (unpaired) electrons. The summed E-state index contributed by atoms with van der Waals surface area (Å²) in [5.74, 6) is 1.66. The summed E-state index contributed by atoms with van der Waals surface area (Å²) in [6.07, 6.45) is 3.50. The Hall–Kier alpha value is -1.70. The SMILES string of the molecule is CCN(CC)c1nc(NC)nc(-n2cc(Br)cn2)n1. The van der Waals surface area contributed by atoms with Crippen molar-refractivity contribution in [2.45, 2.75) is 13.8 Å². The molecule has 2 rings (SSSR count). The van der Waals surface area contributed by atoms with Gasteiger partial charge in [0.05, 0.1) is 10.7 Å². The molecule has 0 fully saturated rings. The van der Waals surface area contributed by atoms with Gasteiger partial charge in [-0.3, -0.25) is 0 Å². The minimum absolute atomic E-state index is 0.493. The second kappa shape index (κ2) is 5.96. The molecule has 0 unspecified atom stereocenters. The van der Waals surface area contributed by atoms with Crippen molar-refractivity contribution in [1.82, 2.24) is 24.7 Å². The molecule has 0 saturated heterocycles. The maximum absolute atomic E-state index is 4.45. The molecule has 2 heterocycles. The summed E-state index contributed by atoms with van der Waals surface area (Å²) in [5, 5.41) is 7.13. The van der Waals surface area contributed by atoms with Crippen molar-refractivity contribution in [2.75, 3.05) is 30.4 Å². The number of aromatic nitrogens is 5. The van der Waals surface area contributed by atoms with E-state index in [1.165, 1.54) is 0 Å². The van der Waals surface area contributed by atoms with E-state index in [1.54, 1.807) is 24.1 Å². The summed E-state index contributed by atoms with van der Waals surface area (Å²) >= 11 is 3.36. The maximum atomic E-state index is 4.45. The van der Waals surface area contributed by atoms with Gasteiger partial charge < -0.3 is 10.2 Å². The summed E-state index contributed by atoms with van der Waals surface area (Å²) in [7, 11) is 1.78. The highest BCUT2D eigenvalue weighted by Crippen LogP contribution is 2.14. The highest BCUT2D eigenvalue weighted by molar-refractivity contribution is 9.10. The molecule has 0 amide bonds. The lowest BCUT2D eigenvalue weighted by Gasteiger charge is -2.19. The third-order valence-corrected chi connectivity index (χ3v) is 3.05. The number of halogens is 1. The molecule has 0 saturated carbocycles. The second-order valence-corrected chi connectivity index (χ2v) is 4.70. The third kappa shape index (κ3) is 3.01. The molecule has 102 valence electrons. The van der Waals surface area contributed by atoms with Crippen LogP contribution >= 0.6 is 15.9 Å². The fourth-order valence-corrected chi connectivity index (χ4v) is 1.91. The molecule has 0 atom stereocenters. The Morgan fingerprint density at radius 2 is 2.00 bits per heavy atom. The van der Waals surface area contributed by atoms with Crippen LogP contribution in [0.2, 0.25) is 0 Å². The fourth-order valence-electron chi connectivity index (χ4n) is 1.63. The number of rotatable bonds is 5. The van der Waals surface area contributed by atoms with Crippen LogP contribution in [0.1, 0.15) is 13.8 Å². The van der Waals surface area contributed by atoms with Crippen molar-refractivity contribution in [3.63, 3.8) is 0 Å². The van der Waals surface area contributed by atoms with Crippen LogP contribution in [0.3, 0.4) is 0 Å². The van der Waals surface area contributed by atoms with Crippen LogP contribution in [0, 0.1) is 0 Å². The third-order valence-electron chi connectivity index (χ3n) is 2.64. The van der Waals surface area contributed by atoms with E-state index in [-0.39, 0.29) is 0 Å². The van der Waals surface area contributed by atoms with E-state index in [2.05, 4.69) is 60.0 Å². The number of hydrogen-bond acceptors (Lipinski definition) is 6. The zero-order valence-electron chi connectivity index (χ0n) is 11.1. The van der Waals surface area contributed by atoms with E-state index in [0.29, 0.717) is 17.8 Å². The van der Waals surface area contributed by atoms with Gasteiger partial charge in [0.15, 0.2) is 0 Å². The lowest BCUT2D eigenvalue weighted by molar-refractivity contribution is 0.763. The number of nitrogens with zero attached hydrogens (tertiary/aromatic N) is 6. The number of anilines is 2. The van der Waals surface area contributed by atoms with Gasteiger partial charge >= 0.3 is 0 Å². The van der Waals surface area contributed by atoms with Crippen molar-refractivity contribution >= 4 is 27.8 Å². The number of hydrogen-bond donors (Lipinski definition) is 1. The first-order valence-electron chi connectivity index (χ1n) is 6.07. The quantitative estimate of drug-likeness (QED) is 0.902. The first-order valence-corrected chi connectivity index (χ1v) is 6.86. The molecule has 7 nitrogen and oxygen atoms in total. The van der Waals surface area contributed by atoms with Crippen molar-refractivity contribution in [1.29, 1.82) is 0 Å². The van der Waals surface area contributed by atoms with Crippen LogP contribution < -0.4 is 10.2 Å². The Morgan fingerprint density at radius 1 is 1.26 bits per heavy atom. The van der Waals surface area contributed by atoms with Gasteiger partial charge in [-0.15, -0.1) is 0 Å². The number of nitrogens with one attached hydrogen (secondary N) is 1. The molecule has 0 bridgehead atoms. The Balaban J connectivity index is 2.46. The molecular formula is C11H16BrN7. The Labute approximate surface area is 120 Å². The van der Waals surface area contributed by atoms with Crippen molar-refractivity contribution in [3.8, 4) is 5.95 Å². The van der Waals surface area contributed by atoms with Crippen LogP contribution in [0.5, 0.6) is 0 Å². The average molecular weight is 326 g/mol. The van der Waals surface area contributed by atoms with Crippen molar-refractivity contribution < 1.29 is 0 Å². The van der Waals surface area contributed by atoms with E-state index in [9.17, 15) is 0 Å². The Kier molecular flexibility index (Phi) is 4.31. The lowest BCUT2D eigenvalue weighted by atomic mass is 10.5. The molecule has 0 aliphatic rings. The zero-order valence-corrected chi connectivity index (χ0v) is 12.7. The monoisotopic (exact) mass is 325 g/mol. The molecule has 2 aromatic heterocycles. The molecule has 0 aromatic carbocycles. The second-order valence-electron chi connectivity index (χ2n) is 3.78. The predicted molar refractivity (Wildman–Crippen MR) is 77.8 cm³/mol. The van der Waals surface area contributed by atoms with E-state index in [1.807, 2.05) is 0 Å². The van der Waals surface area contributed by atoms with Crippen molar-refractivity contribution in [3.05, 3.63) is 16.9 Å². The van der Waals surface area contributed by atoms with Gasteiger partial charge in [0.1, 0.15) is 0 Å². The maximum Gasteiger partial charge on any atom is 0.257 e. The summed E-state index contributed by atoms with van der Waals surface area (Å²) in [6.45, 7) is 5.81. The van der Waals surface area contributed by atoms with E-state index in [4.69, 9.17) is 0 Å². The van der Waals surface area contributed by atoms with Gasteiger partial charge in [0.25, 0.3) is 5.95 Å². The van der Waals surface area contributed by atoms with Gasteiger partial charge in [-0.1, -0.05) is 0 Å². The standard InChI is InChI=1S/C11H16BrN7/c1-4-18(5-2)10-15-9(13-3)16-11(17-10)19-7-8(12)6-14-19/h6-7H,4-5H2,1-3H3,(H,13,15,16,17). The minimum Gasteiger partial charge on any atom is -0.357 e. The van der Waals surface area contributed by atoms with Crippen LogP contribution in [-0.2, 0) is 0 Å². The smallest absolute Gasteiger partial charge is 0.257 e. The molecule has 0 aliphatic carbocycles. The molecule has 0 spiro atoms. The van der Waals surface area contributed by atoms with Gasteiger partial charge in [0.2, 0.25) is 11.9 Å². The Bertz CT molecular complexity index is 550. The molecule has 1 N–H and O–H groups in total. The van der Waals surface area contributed by atoms with Crippen LogP contribution in [-0.4, -0.2) is 44.9 Å². The fraction of sp³-hybridized carbons (Fsp3) is 0.455. The summed E-state index contributed by atoms with van der Waals surface area (Å²) < 4.78 is 2.49. The Morgan fingerprint density at radius 3 is 2.53 bits per heavy atom. The lowest BCUT2D eigenvalue weighted by Crippen LogP contribution is -2.25. The molecule has 8 heteroatoms. The van der Waals surface area contributed by atoms with Gasteiger partial charge in [0, 0.05) is 26.3 Å². The minimum atomic E-state index is 0.493. The molecule has 2 aromatic rings. The van der Waals surface area contributed by atoms with E-state index >= 15 is 0 Å². The predicted octanol–water partition coefficient (Wildman–Crippen LogP) is 1.71. The van der Waals surface area contributed by atoms with Gasteiger partial charge in [-0.25, -0.2) is 4.68 Å². The van der Waals surface area contributed by atoms with Crippen molar-refractivity contribution in [2.24, 2.45) is 0 Å². The van der Waals surface area contributed by atoms with Gasteiger partial charge in [-0.05, 0) is 29.8 Å². The van der Waals surface area contributed by atoms with Crippen LogP contribution in [0.25, 0.3) is 5.95 Å². The molecular weight excluding hydrogens is 310 g/mol. The summed E-state index contributed by atoms with van der Waals surface area (Å²) in [4.78, 5) is 15.2. The van der Waals surface area contributed by atoms with Crippen LogP contribution in [0.4, 0.5) is 11.9 Å². The topological polar surface area (TPSA) is 71.8 Å². The summed E-state index contributed by atoms with van der Waals surface area (Å²) in [5.41, 5.74) is 0. The normalized spacial score (nSPS) is 10.5. The molecule has 0 aliphatic heterocycles. The highest BCUT2D eigenvalue weighted by atomic mass is 79.9. The first-order chi connectivity index (χ1) is 9.17. The molecule has 19 heavy (non-hydrogen) atoms. The highest BCUT2D eigenvalue weighted by Gasteiger charge is 2.12. The average Bonchev–Trinajstić information content (AvgIpc) is 2.86. The zero-order chi connectivity index (χ0) is 13.8. The first kappa shape index (κ1) is 13.7. The van der Waals surface area contributed by atoms with E-state index < -0.39 is 0 Å². The van der Waals surface area contributed by atoms with Gasteiger partial charge in [-0.2, -0.15) is 20.1 Å².